The molecule has 0 spiro atoms. The molecule has 0 aliphatic carbocycles. The second-order valence-corrected chi connectivity index (χ2v) is 6.27. The minimum atomic E-state index is -0.381. The molecule has 4 nitrogen and oxygen atoms in total. The first-order valence-electron chi connectivity index (χ1n) is 7.46. The molecule has 0 amide bonds. The van der Waals surface area contributed by atoms with Crippen LogP contribution < -0.4 is 5.32 Å². The quantitative estimate of drug-likeness (QED) is 0.630. The number of aliphatic hydroxyl groups excluding tert-OH is 1. The third kappa shape index (κ3) is 5.04. The number of likely N-dealkylation sites (N-methyl/N-ethyl adjacent to an activating group) is 1. The molecule has 0 fully saturated rings. The van der Waals surface area contributed by atoms with Crippen LogP contribution in [0, 0.1) is 5.82 Å². The molecule has 1 heterocycles. The van der Waals surface area contributed by atoms with Crippen LogP contribution in [0.2, 0.25) is 0 Å². The Labute approximate surface area is 140 Å². The minimum absolute atomic E-state index is 0.297. The average molecular weight is 335 g/mol. The summed E-state index contributed by atoms with van der Waals surface area (Å²) in [5.74, 6) is 0.408. The van der Waals surface area contributed by atoms with E-state index < -0.39 is 0 Å². The van der Waals surface area contributed by atoms with E-state index in [1.807, 2.05) is 7.05 Å². The summed E-state index contributed by atoms with van der Waals surface area (Å²) in [7, 11) is 3.74. The predicted octanol–water partition coefficient (Wildman–Crippen LogP) is 2.63. The number of nitrogens with one attached hydrogen (secondary N) is 1. The molecule has 0 aliphatic rings. The number of aliphatic imine (C=N–C) groups is 1. The predicted molar refractivity (Wildman–Crippen MR) is 93.2 cm³/mol. The smallest absolute Gasteiger partial charge is 0.193 e. The van der Waals surface area contributed by atoms with E-state index in [1.165, 1.54) is 10.9 Å². The molecule has 6 heteroatoms. The van der Waals surface area contributed by atoms with Gasteiger partial charge in [0.25, 0.3) is 0 Å². The lowest BCUT2D eigenvalue weighted by Gasteiger charge is -2.22. The maximum absolute atomic E-state index is 13.4. The van der Waals surface area contributed by atoms with Gasteiger partial charge in [-0.2, -0.15) is 0 Å². The van der Waals surface area contributed by atoms with Crippen molar-refractivity contribution in [2.24, 2.45) is 4.99 Å². The molecule has 2 N–H and O–H groups in total. The highest BCUT2D eigenvalue weighted by molar-refractivity contribution is 7.09. The molecule has 0 bridgehead atoms. The lowest BCUT2D eigenvalue weighted by atomic mass is 10.1. The summed E-state index contributed by atoms with van der Waals surface area (Å²) < 4.78 is 13.4. The lowest BCUT2D eigenvalue weighted by Crippen LogP contribution is -2.39. The molecule has 0 saturated heterocycles. The van der Waals surface area contributed by atoms with Gasteiger partial charge >= 0.3 is 0 Å². The first-order chi connectivity index (χ1) is 11.1. The molecule has 0 aliphatic heterocycles. The number of thiophene rings is 1. The molecule has 1 aromatic carbocycles. The summed E-state index contributed by atoms with van der Waals surface area (Å²) in [5.41, 5.74) is 1.22. The molecule has 0 saturated carbocycles. The first-order valence-corrected chi connectivity index (χ1v) is 8.34. The Morgan fingerprint density at radius 1 is 1.39 bits per heavy atom. The van der Waals surface area contributed by atoms with Crippen LogP contribution in [-0.2, 0) is 19.6 Å². The van der Waals surface area contributed by atoms with Crippen LogP contribution in [0.25, 0.3) is 0 Å². The fourth-order valence-corrected chi connectivity index (χ4v) is 2.96. The van der Waals surface area contributed by atoms with Crippen molar-refractivity contribution in [1.29, 1.82) is 0 Å². The lowest BCUT2D eigenvalue weighted by molar-refractivity contribution is 0.275. The van der Waals surface area contributed by atoms with Crippen LogP contribution in [0.4, 0.5) is 4.39 Å². The third-order valence-corrected chi connectivity index (χ3v) is 4.51. The van der Waals surface area contributed by atoms with Gasteiger partial charge in [-0.15, -0.1) is 11.3 Å². The van der Waals surface area contributed by atoms with Gasteiger partial charge in [0.15, 0.2) is 5.96 Å². The van der Waals surface area contributed by atoms with Crippen molar-refractivity contribution in [3.8, 4) is 0 Å². The summed E-state index contributed by atoms with van der Waals surface area (Å²) in [6.45, 7) is 1.10. The van der Waals surface area contributed by atoms with E-state index in [4.69, 9.17) is 5.11 Å². The summed E-state index contributed by atoms with van der Waals surface area (Å²) >= 11 is 1.75. The molecular formula is C17H22FN3OS. The van der Waals surface area contributed by atoms with Crippen LogP contribution in [-0.4, -0.2) is 36.6 Å². The van der Waals surface area contributed by atoms with Gasteiger partial charge in [0.1, 0.15) is 5.82 Å². The zero-order valence-electron chi connectivity index (χ0n) is 13.4. The number of aliphatic hydroxyl groups is 1. The summed E-state index contributed by atoms with van der Waals surface area (Å²) in [4.78, 5) is 7.69. The number of guanidine groups is 1. The number of halogens is 1. The van der Waals surface area contributed by atoms with Crippen molar-refractivity contribution in [1.82, 2.24) is 10.2 Å². The first kappa shape index (κ1) is 17.4. The zero-order valence-corrected chi connectivity index (χ0v) is 14.2. The Hall–Kier alpha value is -1.92. The Morgan fingerprint density at radius 2 is 2.22 bits per heavy atom. The second kappa shape index (κ2) is 8.64. The van der Waals surface area contributed by atoms with Crippen molar-refractivity contribution < 1.29 is 9.50 Å². The average Bonchev–Trinajstić information content (AvgIpc) is 3.08. The van der Waals surface area contributed by atoms with E-state index >= 15 is 0 Å². The maximum atomic E-state index is 13.4. The minimum Gasteiger partial charge on any atom is -0.392 e. The molecular weight excluding hydrogens is 313 g/mol. The number of hydrogen-bond acceptors (Lipinski definition) is 3. The number of nitrogens with zero attached hydrogens (tertiary/aromatic N) is 2. The number of benzene rings is 1. The summed E-state index contributed by atoms with van der Waals surface area (Å²) in [6, 6.07) is 8.94. The van der Waals surface area contributed by atoms with Gasteiger partial charge in [-0.05, 0) is 35.6 Å². The van der Waals surface area contributed by atoms with Crippen LogP contribution in [0.5, 0.6) is 0 Å². The normalized spacial score (nSPS) is 11.6. The van der Waals surface area contributed by atoms with Crippen LogP contribution in [0.3, 0.4) is 0 Å². The highest BCUT2D eigenvalue weighted by Crippen LogP contribution is 2.11. The van der Waals surface area contributed by atoms with Crippen molar-refractivity contribution in [3.05, 3.63) is 57.5 Å². The monoisotopic (exact) mass is 335 g/mol. The van der Waals surface area contributed by atoms with Crippen LogP contribution in [0.15, 0.2) is 40.7 Å². The van der Waals surface area contributed by atoms with Crippen molar-refractivity contribution in [2.75, 3.05) is 20.6 Å². The van der Waals surface area contributed by atoms with Gasteiger partial charge in [0.05, 0.1) is 6.61 Å². The Kier molecular flexibility index (Phi) is 6.55. The van der Waals surface area contributed by atoms with Gasteiger partial charge in [0.2, 0.25) is 0 Å². The van der Waals surface area contributed by atoms with Crippen molar-refractivity contribution in [3.63, 3.8) is 0 Å². The van der Waals surface area contributed by atoms with Crippen molar-refractivity contribution in [2.45, 2.75) is 19.6 Å². The molecule has 124 valence electrons. The summed E-state index contributed by atoms with van der Waals surface area (Å²) in [5, 5.41) is 14.5. The van der Waals surface area contributed by atoms with Crippen molar-refractivity contribution >= 4 is 17.3 Å². The van der Waals surface area contributed by atoms with E-state index in [9.17, 15) is 4.39 Å². The highest BCUT2D eigenvalue weighted by atomic mass is 32.1. The van der Waals surface area contributed by atoms with Gasteiger partial charge < -0.3 is 15.3 Å². The topological polar surface area (TPSA) is 47.9 Å². The largest absolute Gasteiger partial charge is 0.392 e. The van der Waals surface area contributed by atoms with Gasteiger partial charge in [0, 0.05) is 37.6 Å². The zero-order chi connectivity index (χ0) is 16.7. The van der Waals surface area contributed by atoms with Gasteiger partial charge in [-0.1, -0.05) is 12.1 Å². The standard InChI is InChI=1S/C17H22FN3OS/c1-19-17(21(2)8-7-15-4-3-9-23-15)20-11-13-5-6-16(18)14(10-13)12-22/h3-6,9-10,22H,7-8,11-12H2,1-2H3,(H,19,20). The third-order valence-electron chi connectivity index (χ3n) is 3.58. The molecule has 1 aromatic heterocycles. The molecule has 0 unspecified atom stereocenters. The molecule has 0 radical (unpaired) electrons. The van der Waals surface area contributed by atoms with Gasteiger partial charge in [-0.25, -0.2) is 4.39 Å². The molecule has 0 atom stereocenters. The maximum Gasteiger partial charge on any atom is 0.193 e. The van der Waals surface area contributed by atoms with Crippen LogP contribution in [0.1, 0.15) is 16.0 Å². The number of rotatable bonds is 6. The fourth-order valence-electron chi connectivity index (χ4n) is 2.26. The molecule has 23 heavy (non-hydrogen) atoms. The van der Waals surface area contributed by atoms with E-state index in [2.05, 4.69) is 32.7 Å². The van der Waals surface area contributed by atoms with E-state index in [1.54, 1.807) is 30.5 Å². The van der Waals surface area contributed by atoms with E-state index in [0.29, 0.717) is 12.1 Å². The molecule has 2 aromatic rings. The second-order valence-electron chi connectivity index (χ2n) is 5.24. The highest BCUT2D eigenvalue weighted by Gasteiger charge is 2.07. The van der Waals surface area contributed by atoms with E-state index in [0.717, 1.165) is 24.5 Å². The Morgan fingerprint density at radius 3 is 2.87 bits per heavy atom. The van der Waals surface area contributed by atoms with E-state index in [-0.39, 0.29) is 12.4 Å². The SMILES string of the molecule is CN=C(NCc1ccc(F)c(CO)c1)N(C)CCc1cccs1. The Bertz CT molecular complexity index is 643. The Balaban J connectivity index is 1.89. The molecule has 2 rings (SSSR count). The number of hydrogen-bond donors (Lipinski definition) is 2. The fraction of sp³-hybridized carbons (Fsp3) is 0.353. The summed E-state index contributed by atoms with van der Waals surface area (Å²) in [6.07, 6.45) is 0.972. The van der Waals surface area contributed by atoms with Crippen LogP contribution >= 0.6 is 11.3 Å². The van der Waals surface area contributed by atoms with Gasteiger partial charge in [-0.3, -0.25) is 4.99 Å².